The summed E-state index contributed by atoms with van der Waals surface area (Å²) in [4.78, 5) is 0.142. The Morgan fingerprint density at radius 1 is 1.15 bits per heavy atom. The molecule has 1 rings (SSSR count). The summed E-state index contributed by atoms with van der Waals surface area (Å²) in [5.41, 5.74) is 1.15. The Morgan fingerprint density at radius 2 is 1.70 bits per heavy atom. The molecule has 5 nitrogen and oxygen atoms in total. The first kappa shape index (κ1) is 17.1. The molecule has 4 N–H and O–H groups in total. The molecule has 1 aromatic rings. The van der Waals surface area contributed by atoms with E-state index in [1.807, 2.05) is 6.92 Å². The number of primary sulfonamides is 1. The molecule has 0 heterocycles. The molecular weight excluding hydrogens is 274 g/mol. The number of rotatable bonds is 6. The van der Waals surface area contributed by atoms with Crippen LogP contribution in [0.15, 0.2) is 29.2 Å². The second-order valence-corrected chi connectivity index (χ2v) is 7.53. The van der Waals surface area contributed by atoms with Crippen molar-refractivity contribution >= 4 is 10.0 Å². The fraction of sp³-hybridized carbons (Fsp3) is 0.571. The van der Waals surface area contributed by atoms with E-state index in [-0.39, 0.29) is 16.5 Å². The smallest absolute Gasteiger partial charge is 0.238 e. The summed E-state index contributed by atoms with van der Waals surface area (Å²) in [5, 5.41) is 11.9. The van der Waals surface area contributed by atoms with E-state index in [4.69, 9.17) is 5.14 Å². The summed E-state index contributed by atoms with van der Waals surface area (Å²) in [6, 6.07) is 6.81. The first-order valence-corrected chi connectivity index (χ1v) is 8.25. The summed E-state index contributed by atoms with van der Waals surface area (Å²) in [6.45, 7) is 10.1. The number of hydrogen-bond acceptors (Lipinski definition) is 4. The van der Waals surface area contributed by atoms with E-state index >= 15 is 0 Å². The van der Waals surface area contributed by atoms with E-state index < -0.39 is 10.0 Å². The van der Waals surface area contributed by atoms with Gasteiger partial charge in [0.05, 0.1) is 4.90 Å². The minimum absolute atomic E-state index is 0.113. The van der Waals surface area contributed by atoms with Gasteiger partial charge in [-0.25, -0.2) is 13.6 Å². The summed E-state index contributed by atoms with van der Waals surface area (Å²) in [6.07, 6.45) is 0. The minimum atomic E-state index is -3.61. The van der Waals surface area contributed by atoms with Gasteiger partial charge in [0.25, 0.3) is 0 Å². The maximum absolute atomic E-state index is 11.2. The second-order valence-electron chi connectivity index (χ2n) is 5.97. The second kappa shape index (κ2) is 6.67. The van der Waals surface area contributed by atoms with Gasteiger partial charge in [-0.1, -0.05) is 12.1 Å². The first-order chi connectivity index (χ1) is 9.09. The minimum Gasteiger partial charge on any atom is -0.311 e. The third-order valence-electron chi connectivity index (χ3n) is 2.94. The Hall–Kier alpha value is -0.950. The van der Waals surface area contributed by atoms with Gasteiger partial charge < -0.3 is 10.6 Å². The highest BCUT2D eigenvalue weighted by Crippen LogP contribution is 2.15. The van der Waals surface area contributed by atoms with Crippen molar-refractivity contribution in [2.45, 2.75) is 44.2 Å². The average molecular weight is 299 g/mol. The van der Waals surface area contributed by atoms with Crippen LogP contribution in [-0.2, 0) is 10.0 Å². The van der Waals surface area contributed by atoms with Gasteiger partial charge in [0.1, 0.15) is 0 Å². The van der Waals surface area contributed by atoms with Crippen LogP contribution in [0.3, 0.4) is 0 Å². The van der Waals surface area contributed by atoms with E-state index in [0.29, 0.717) is 0 Å². The highest BCUT2D eigenvalue weighted by molar-refractivity contribution is 7.89. The lowest BCUT2D eigenvalue weighted by Crippen LogP contribution is -2.40. The number of hydrogen-bond donors (Lipinski definition) is 3. The van der Waals surface area contributed by atoms with E-state index in [1.165, 1.54) is 12.1 Å². The van der Waals surface area contributed by atoms with Crippen molar-refractivity contribution in [2.75, 3.05) is 13.1 Å². The van der Waals surface area contributed by atoms with E-state index in [1.54, 1.807) is 12.1 Å². The van der Waals surface area contributed by atoms with Crippen LogP contribution in [0.4, 0.5) is 0 Å². The van der Waals surface area contributed by atoms with Crippen LogP contribution in [0.25, 0.3) is 0 Å². The Morgan fingerprint density at radius 3 is 2.15 bits per heavy atom. The van der Waals surface area contributed by atoms with Gasteiger partial charge in [0, 0.05) is 24.7 Å². The lowest BCUT2D eigenvalue weighted by atomic mass is 10.1. The molecule has 1 unspecified atom stereocenters. The monoisotopic (exact) mass is 299 g/mol. The summed E-state index contributed by atoms with van der Waals surface area (Å²) in [7, 11) is -3.61. The maximum atomic E-state index is 11.2. The zero-order chi connectivity index (χ0) is 15.4. The molecule has 1 aromatic carbocycles. The van der Waals surface area contributed by atoms with Crippen LogP contribution >= 0.6 is 0 Å². The molecule has 0 amide bonds. The predicted octanol–water partition coefficient (Wildman–Crippen LogP) is 1.37. The fourth-order valence-electron chi connectivity index (χ4n) is 1.79. The highest BCUT2D eigenvalue weighted by Gasteiger charge is 2.10. The quantitative estimate of drug-likeness (QED) is 0.693. The molecule has 0 saturated heterocycles. The highest BCUT2D eigenvalue weighted by atomic mass is 32.2. The zero-order valence-corrected chi connectivity index (χ0v) is 13.4. The summed E-state index contributed by atoms with van der Waals surface area (Å²) >= 11 is 0. The number of sulfonamides is 1. The molecule has 0 saturated carbocycles. The van der Waals surface area contributed by atoms with E-state index in [9.17, 15) is 8.42 Å². The summed E-state index contributed by atoms with van der Waals surface area (Å²) in [5.74, 6) is 0. The van der Waals surface area contributed by atoms with Crippen LogP contribution in [0.1, 0.15) is 39.3 Å². The van der Waals surface area contributed by atoms with Crippen molar-refractivity contribution in [1.29, 1.82) is 0 Å². The van der Waals surface area contributed by atoms with Crippen molar-refractivity contribution in [3.05, 3.63) is 29.8 Å². The lowest BCUT2D eigenvalue weighted by molar-refractivity contribution is 0.414. The lowest BCUT2D eigenvalue weighted by Gasteiger charge is -2.22. The zero-order valence-electron chi connectivity index (χ0n) is 12.6. The van der Waals surface area contributed by atoms with Crippen LogP contribution in [0, 0.1) is 0 Å². The van der Waals surface area contributed by atoms with Crippen LogP contribution in [0.5, 0.6) is 0 Å². The first-order valence-electron chi connectivity index (χ1n) is 6.71. The van der Waals surface area contributed by atoms with Gasteiger partial charge in [-0.2, -0.15) is 0 Å². The average Bonchev–Trinajstić information content (AvgIpc) is 2.32. The molecule has 0 aromatic heterocycles. The van der Waals surface area contributed by atoms with Crippen LogP contribution in [-0.4, -0.2) is 27.0 Å². The molecular formula is C14H25N3O2S. The Kier molecular flexibility index (Phi) is 5.70. The van der Waals surface area contributed by atoms with E-state index in [2.05, 4.69) is 31.4 Å². The topological polar surface area (TPSA) is 84.2 Å². The Balaban J connectivity index is 2.50. The molecule has 0 aliphatic rings. The Labute approximate surface area is 122 Å². The molecule has 6 heteroatoms. The molecule has 0 radical (unpaired) electrons. The molecule has 1 atom stereocenters. The van der Waals surface area contributed by atoms with Gasteiger partial charge in [0.15, 0.2) is 0 Å². The van der Waals surface area contributed by atoms with Crippen molar-refractivity contribution < 1.29 is 8.42 Å². The number of benzene rings is 1. The molecule has 0 bridgehead atoms. The third kappa shape index (κ3) is 6.00. The van der Waals surface area contributed by atoms with Gasteiger partial charge in [0.2, 0.25) is 10.0 Å². The van der Waals surface area contributed by atoms with Crippen molar-refractivity contribution in [2.24, 2.45) is 5.14 Å². The molecule has 20 heavy (non-hydrogen) atoms. The van der Waals surface area contributed by atoms with Crippen LogP contribution < -0.4 is 15.8 Å². The van der Waals surface area contributed by atoms with E-state index in [0.717, 1.165) is 18.7 Å². The summed E-state index contributed by atoms with van der Waals surface area (Å²) < 4.78 is 22.3. The predicted molar refractivity (Wildman–Crippen MR) is 82.0 cm³/mol. The SMILES string of the molecule is CC(NCCNC(C)(C)C)c1ccc(S(N)(=O)=O)cc1. The van der Waals surface area contributed by atoms with Gasteiger partial charge in [-0.3, -0.25) is 0 Å². The van der Waals surface area contributed by atoms with Gasteiger partial charge in [-0.05, 0) is 45.4 Å². The molecule has 0 spiro atoms. The van der Waals surface area contributed by atoms with Crippen molar-refractivity contribution in [3.8, 4) is 0 Å². The van der Waals surface area contributed by atoms with Gasteiger partial charge >= 0.3 is 0 Å². The standard InChI is InChI=1S/C14H25N3O2S/c1-11(16-9-10-17-14(2,3)4)12-5-7-13(8-6-12)20(15,18)19/h5-8,11,16-17H,9-10H2,1-4H3,(H2,15,18,19). The maximum Gasteiger partial charge on any atom is 0.238 e. The number of nitrogens with one attached hydrogen (secondary N) is 2. The Bertz CT molecular complexity index is 518. The number of nitrogens with two attached hydrogens (primary N) is 1. The molecule has 0 fully saturated rings. The normalized spacial score (nSPS) is 14.2. The third-order valence-corrected chi connectivity index (χ3v) is 3.87. The van der Waals surface area contributed by atoms with Gasteiger partial charge in [-0.15, -0.1) is 0 Å². The van der Waals surface area contributed by atoms with Crippen molar-refractivity contribution in [3.63, 3.8) is 0 Å². The molecule has 114 valence electrons. The molecule has 0 aliphatic carbocycles. The van der Waals surface area contributed by atoms with Crippen LogP contribution in [0.2, 0.25) is 0 Å². The van der Waals surface area contributed by atoms with Crippen molar-refractivity contribution in [1.82, 2.24) is 10.6 Å². The largest absolute Gasteiger partial charge is 0.311 e. The fourth-order valence-corrected chi connectivity index (χ4v) is 2.31. The molecule has 0 aliphatic heterocycles.